The van der Waals surface area contributed by atoms with Crippen LogP contribution in [0.3, 0.4) is 0 Å². The molecular formula is C25H23BrN4O3S. The number of thiocarbonyl (C=S) groups is 1. The van der Waals surface area contributed by atoms with Crippen molar-refractivity contribution in [3.63, 3.8) is 0 Å². The van der Waals surface area contributed by atoms with Gasteiger partial charge in [0, 0.05) is 47.5 Å². The van der Waals surface area contributed by atoms with Crippen LogP contribution in [0.2, 0.25) is 0 Å². The molecule has 1 aromatic heterocycles. The quantitative estimate of drug-likeness (QED) is 0.413. The lowest BCUT2D eigenvalue weighted by molar-refractivity contribution is 0.0697. The lowest BCUT2D eigenvalue weighted by atomic mass is 9.83. The Bertz CT molecular complexity index is 1320. The monoisotopic (exact) mass is 538 g/mol. The number of nitrogens with one attached hydrogen (secondary N) is 2. The summed E-state index contributed by atoms with van der Waals surface area (Å²) in [6.45, 7) is 2.22. The van der Waals surface area contributed by atoms with Gasteiger partial charge in [0.05, 0.1) is 16.9 Å². The molecule has 2 aliphatic heterocycles. The molecule has 3 heterocycles. The van der Waals surface area contributed by atoms with E-state index in [0.29, 0.717) is 23.3 Å². The normalized spacial score (nSPS) is 18.7. The zero-order valence-corrected chi connectivity index (χ0v) is 20.6. The highest BCUT2D eigenvalue weighted by molar-refractivity contribution is 9.10. The van der Waals surface area contributed by atoms with Gasteiger partial charge >= 0.3 is 5.97 Å². The fourth-order valence-electron chi connectivity index (χ4n) is 4.96. The SMILES string of the molecule is O=C(O)c1ccc(N2C[C@H]3C[C@@H](C2)c2cccc(=O)n2C3)c(NC(=S)Nc2ccc(Br)cc2)c1. The molecule has 2 atom stereocenters. The Kier molecular flexibility index (Phi) is 6.14. The van der Waals surface area contributed by atoms with Crippen molar-refractivity contribution < 1.29 is 9.90 Å². The number of carboxylic acids is 1. The maximum Gasteiger partial charge on any atom is 0.335 e. The van der Waals surface area contributed by atoms with E-state index in [4.69, 9.17) is 12.2 Å². The number of nitrogens with zero attached hydrogens (tertiary/aromatic N) is 2. The minimum atomic E-state index is -0.995. The fourth-order valence-corrected chi connectivity index (χ4v) is 5.45. The molecule has 2 aromatic carbocycles. The van der Waals surface area contributed by atoms with E-state index in [9.17, 15) is 14.7 Å². The summed E-state index contributed by atoms with van der Waals surface area (Å²) in [7, 11) is 0. The summed E-state index contributed by atoms with van der Waals surface area (Å²) in [6, 6.07) is 18.2. The number of carbonyl (C=O) groups is 1. The number of pyridine rings is 1. The van der Waals surface area contributed by atoms with E-state index in [1.54, 1.807) is 18.2 Å². The second-order valence-corrected chi connectivity index (χ2v) is 10.1. The molecule has 7 nitrogen and oxygen atoms in total. The minimum absolute atomic E-state index is 0.0539. The first-order valence-corrected chi connectivity index (χ1v) is 12.2. The molecule has 2 aliphatic rings. The molecule has 0 unspecified atom stereocenters. The van der Waals surface area contributed by atoms with E-state index in [2.05, 4.69) is 31.5 Å². The molecule has 0 radical (unpaired) electrons. The van der Waals surface area contributed by atoms with Crippen LogP contribution in [0, 0.1) is 5.92 Å². The number of rotatable bonds is 4. The molecule has 1 saturated heterocycles. The summed E-state index contributed by atoms with van der Waals surface area (Å²) < 4.78 is 2.87. The van der Waals surface area contributed by atoms with Crippen molar-refractivity contribution in [3.05, 3.63) is 86.7 Å². The van der Waals surface area contributed by atoms with E-state index in [0.717, 1.165) is 41.1 Å². The summed E-state index contributed by atoms with van der Waals surface area (Å²) in [5, 5.41) is 16.3. The topological polar surface area (TPSA) is 86.6 Å². The number of carboxylic acid groups (broad SMARTS) is 1. The largest absolute Gasteiger partial charge is 0.478 e. The van der Waals surface area contributed by atoms with Crippen molar-refractivity contribution in [2.45, 2.75) is 18.9 Å². The van der Waals surface area contributed by atoms with Crippen LogP contribution in [-0.4, -0.2) is 33.8 Å². The van der Waals surface area contributed by atoms with Crippen LogP contribution >= 0.6 is 28.1 Å². The van der Waals surface area contributed by atoms with Gasteiger partial charge in [-0.1, -0.05) is 22.0 Å². The fraction of sp³-hybridized carbons (Fsp3) is 0.240. The first-order chi connectivity index (χ1) is 16.4. The number of aromatic nitrogens is 1. The van der Waals surface area contributed by atoms with Gasteiger partial charge in [0.1, 0.15) is 0 Å². The summed E-state index contributed by atoms with van der Waals surface area (Å²) in [6.07, 6.45) is 1.04. The van der Waals surface area contributed by atoms with Gasteiger partial charge in [-0.2, -0.15) is 0 Å². The Balaban J connectivity index is 1.42. The molecule has 174 valence electrons. The van der Waals surface area contributed by atoms with E-state index < -0.39 is 5.97 Å². The summed E-state index contributed by atoms with van der Waals surface area (Å²) in [5.41, 5.74) is 3.67. The van der Waals surface area contributed by atoms with Gasteiger partial charge in [0.2, 0.25) is 0 Å². The number of halogens is 1. The number of hydrogen-bond acceptors (Lipinski definition) is 4. The van der Waals surface area contributed by atoms with Crippen molar-refractivity contribution in [2.75, 3.05) is 28.6 Å². The van der Waals surface area contributed by atoms with Crippen LogP contribution < -0.4 is 21.1 Å². The lowest BCUT2D eigenvalue weighted by Crippen LogP contribution is -2.47. The highest BCUT2D eigenvalue weighted by atomic mass is 79.9. The predicted molar refractivity (Wildman–Crippen MR) is 141 cm³/mol. The Morgan fingerprint density at radius 1 is 1.03 bits per heavy atom. The maximum atomic E-state index is 12.4. The van der Waals surface area contributed by atoms with Crippen LogP contribution in [0.1, 0.15) is 28.4 Å². The maximum absolute atomic E-state index is 12.4. The third kappa shape index (κ3) is 4.58. The highest BCUT2D eigenvalue weighted by Gasteiger charge is 2.35. The molecule has 9 heteroatoms. The van der Waals surface area contributed by atoms with Crippen molar-refractivity contribution in [1.29, 1.82) is 0 Å². The minimum Gasteiger partial charge on any atom is -0.478 e. The van der Waals surface area contributed by atoms with E-state index in [1.807, 2.05) is 47.0 Å². The molecule has 5 rings (SSSR count). The van der Waals surface area contributed by atoms with Gasteiger partial charge in [-0.3, -0.25) is 4.79 Å². The average molecular weight is 539 g/mol. The zero-order valence-electron chi connectivity index (χ0n) is 18.2. The first-order valence-electron chi connectivity index (χ1n) is 11.0. The molecule has 3 N–H and O–H groups in total. The third-order valence-corrected chi connectivity index (χ3v) is 7.15. The van der Waals surface area contributed by atoms with Gasteiger partial charge in [-0.05, 0) is 73.1 Å². The van der Waals surface area contributed by atoms with Gasteiger partial charge < -0.3 is 25.2 Å². The van der Waals surface area contributed by atoms with E-state index >= 15 is 0 Å². The van der Waals surface area contributed by atoms with Crippen molar-refractivity contribution in [2.24, 2.45) is 5.92 Å². The molecule has 0 aliphatic carbocycles. The van der Waals surface area contributed by atoms with Crippen LogP contribution in [0.25, 0.3) is 0 Å². The van der Waals surface area contributed by atoms with E-state index in [-0.39, 0.29) is 17.0 Å². The summed E-state index contributed by atoms with van der Waals surface area (Å²) in [4.78, 5) is 26.3. The molecule has 0 saturated carbocycles. The molecule has 34 heavy (non-hydrogen) atoms. The van der Waals surface area contributed by atoms with Crippen LogP contribution in [0.5, 0.6) is 0 Å². The van der Waals surface area contributed by atoms with Gasteiger partial charge in [-0.25, -0.2) is 4.79 Å². The molecular weight excluding hydrogens is 516 g/mol. The molecule has 1 fully saturated rings. The Morgan fingerprint density at radius 2 is 1.82 bits per heavy atom. The number of benzene rings is 2. The first kappa shape index (κ1) is 22.6. The van der Waals surface area contributed by atoms with Crippen LogP contribution in [-0.2, 0) is 6.54 Å². The average Bonchev–Trinajstić information content (AvgIpc) is 2.81. The lowest BCUT2D eigenvalue weighted by Gasteiger charge is -2.44. The van der Waals surface area contributed by atoms with Gasteiger partial charge in [0.25, 0.3) is 5.56 Å². The van der Waals surface area contributed by atoms with Crippen LogP contribution in [0.4, 0.5) is 17.1 Å². The zero-order chi connectivity index (χ0) is 23.8. The summed E-state index contributed by atoms with van der Waals surface area (Å²) >= 11 is 8.95. The summed E-state index contributed by atoms with van der Waals surface area (Å²) in [5.74, 6) is -0.419. The second-order valence-electron chi connectivity index (χ2n) is 8.73. The van der Waals surface area contributed by atoms with Crippen molar-refractivity contribution in [1.82, 2.24) is 4.57 Å². The molecule has 0 amide bonds. The Hall–Kier alpha value is -3.17. The second kappa shape index (κ2) is 9.23. The molecule has 0 spiro atoms. The number of aromatic carboxylic acids is 1. The molecule has 2 bridgehead atoms. The van der Waals surface area contributed by atoms with Crippen molar-refractivity contribution in [3.8, 4) is 0 Å². The number of anilines is 3. The predicted octanol–water partition coefficient (Wildman–Crippen LogP) is 4.74. The van der Waals surface area contributed by atoms with Gasteiger partial charge in [0.15, 0.2) is 5.11 Å². The number of hydrogen-bond donors (Lipinski definition) is 3. The number of fused-ring (bicyclic) bond motifs is 4. The smallest absolute Gasteiger partial charge is 0.335 e. The molecule has 3 aromatic rings. The Labute approximate surface area is 210 Å². The highest BCUT2D eigenvalue weighted by Crippen LogP contribution is 2.39. The van der Waals surface area contributed by atoms with Crippen LogP contribution in [0.15, 0.2) is 69.9 Å². The van der Waals surface area contributed by atoms with E-state index in [1.165, 1.54) is 0 Å². The van der Waals surface area contributed by atoms with Gasteiger partial charge in [-0.15, -0.1) is 0 Å². The number of piperidine rings is 1. The van der Waals surface area contributed by atoms with Crippen molar-refractivity contribution >= 4 is 56.3 Å². The standard InChI is InChI=1S/C25H23BrN4O3S/c26-18-5-7-19(8-6-18)27-25(34)28-20-11-16(24(32)33)4-9-22(20)29-12-15-10-17(14-29)21-2-1-3-23(31)30(21)13-15/h1-9,11,15,17H,10,12-14H2,(H,32,33)(H2,27,28,34)/t15-,17+/m1/s1. The Morgan fingerprint density at radius 3 is 2.59 bits per heavy atom. The third-order valence-electron chi connectivity index (χ3n) is 6.41.